The maximum atomic E-state index is 12.5. The molecule has 3 amide bonds. The quantitative estimate of drug-likeness (QED) is 0.559. The first-order valence-electron chi connectivity index (χ1n) is 9.12. The maximum Gasteiger partial charge on any atom is 0.319 e. The molecule has 146 valence electrons. The van der Waals surface area contributed by atoms with Crippen molar-refractivity contribution in [3.05, 3.63) is 95.6 Å². The zero-order chi connectivity index (χ0) is 20.6. The van der Waals surface area contributed by atoms with Crippen molar-refractivity contribution in [2.24, 2.45) is 0 Å². The van der Waals surface area contributed by atoms with E-state index in [4.69, 9.17) is 0 Å². The third-order valence-electron chi connectivity index (χ3n) is 4.13. The maximum absolute atomic E-state index is 12.5. The van der Waals surface area contributed by atoms with Gasteiger partial charge in [0.2, 0.25) is 5.91 Å². The van der Waals surface area contributed by atoms with Crippen LogP contribution >= 0.6 is 0 Å². The first-order chi connectivity index (χ1) is 14.0. The number of carbonyl (C=O) groups excluding carboxylic acids is 3. The predicted molar refractivity (Wildman–Crippen MR) is 113 cm³/mol. The molecule has 0 aliphatic heterocycles. The minimum atomic E-state index is -0.473. The fraction of sp³-hybridized carbons (Fsp3) is 0.0870. The number of nitrogens with one attached hydrogen (secondary N) is 3. The molecule has 0 aromatic heterocycles. The Hall–Kier alpha value is -3.93. The van der Waals surface area contributed by atoms with Gasteiger partial charge in [0.15, 0.2) is 5.78 Å². The normalized spacial score (nSPS) is 10.1. The summed E-state index contributed by atoms with van der Waals surface area (Å²) in [4.78, 5) is 36.6. The van der Waals surface area contributed by atoms with E-state index in [1.807, 2.05) is 31.2 Å². The van der Waals surface area contributed by atoms with Gasteiger partial charge in [-0.25, -0.2) is 4.79 Å². The number of hydrogen-bond acceptors (Lipinski definition) is 3. The molecule has 3 aromatic carbocycles. The predicted octanol–water partition coefficient (Wildman–Crippen LogP) is 3.99. The Labute approximate surface area is 169 Å². The Bertz CT molecular complexity index is 1030. The number of carbonyl (C=O) groups is 3. The Morgan fingerprint density at radius 3 is 2.10 bits per heavy atom. The van der Waals surface area contributed by atoms with Crippen LogP contribution in [0.25, 0.3) is 0 Å². The fourth-order valence-electron chi connectivity index (χ4n) is 2.76. The van der Waals surface area contributed by atoms with Crippen molar-refractivity contribution in [2.75, 3.05) is 17.2 Å². The van der Waals surface area contributed by atoms with Crippen LogP contribution in [0.2, 0.25) is 0 Å². The van der Waals surface area contributed by atoms with Crippen molar-refractivity contribution >= 4 is 29.1 Å². The molecule has 0 unspecified atom stereocenters. The Kier molecular flexibility index (Phi) is 6.37. The summed E-state index contributed by atoms with van der Waals surface area (Å²) in [6.45, 7) is 1.72. The van der Waals surface area contributed by atoms with E-state index in [2.05, 4.69) is 16.0 Å². The zero-order valence-electron chi connectivity index (χ0n) is 15.9. The number of amides is 3. The van der Waals surface area contributed by atoms with Crippen LogP contribution < -0.4 is 16.0 Å². The molecular formula is C23H21N3O3. The van der Waals surface area contributed by atoms with Gasteiger partial charge in [0.1, 0.15) is 0 Å². The summed E-state index contributed by atoms with van der Waals surface area (Å²) in [6.07, 6.45) is 0. The van der Waals surface area contributed by atoms with Gasteiger partial charge in [0.25, 0.3) is 0 Å². The molecule has 0 atom stereocenters. The molecule has 0 saturated heterocycles. The minimum absolute atomic E-state index is 0.127. The highest BCUT2D eigenvalue weighted by Crippen LogP contribution is 2.15. The number of urea groups is 1. The molecule has 0 spiro atoms. The van der Waals surface area contributed by atoms with E-state index in [1.54, 1.807) is 54.6 Å². The Morgan fingerprint density at radius 1 is 0.724 bits per heavy atom. The van der Waals surface area contributed by atoms with E-state index in [9.17, 15) is 14.4 Å². The molecule has 0 bridgehead atoms. The standard InChI is InChI=1S/C23H21N3O3/c1-16-7-5-11-19(13-16)26-23(29)24-15-21(27)25-20-12-6-10-18(14-20)22(28)17-8-3-2-4-9-17/h2-14H,15H2,1H3,(H,25,27)(H2,24,26,29). The molecule has 3 aromatic rings. The van der Waals surface area contributed by atoms with Crippen molar-refractivity contribution in [3.8, 4) is 0 Å². The van der Waals surface area contributed by atoms with Gasteiger partial charge in [-0.05, 0) is 36.8 Å². The summed E-state index contributed by atoms with van der Waals surface area (Å²) in [5.41, 5.74) is 3.20. The molecule has 6 heteroatoms. The van der Waals surface area contributed by atoms with Crippen molar-refractivity contribution in [2.45, 2.75) is 6.92 Å². The molecule has 6 nitrogen and oxygen atoms in total. The summed E-state index contributed by atoms with van der Waals surface area (Å²) in [7, 11) is 0. The van der Waals surface area contributed by atoms with E-state index in [0.717, 1.165) is 5.56 Å². The third-order valence-corrected chi connectivity index (χ3v) is 4.13. The lowest BCUT2D eigenvalue weighted by atomic mass is 10.0. The number of hydrogen-bond donors (Lipinski definition) is 3. The minimum Gasteiger partial charge on any atom is -0.329 e. The summed E-state index contributed by atoms with van der Waals surface area (Å²) < 4.78 is 0. The molecule has 0 aliphatic carbocycles. The van der Waals surface area contributed by atoms with Gasteiger partial charge in [0, 0.05) is 22.5 Å². The lowest BCUT2D eigenvalue weighted by Crippen LogP contribution is -2.35. The first-order valence-corrected chi connectivity index (χ1v) is 9.12. The van der Waals surface area contributed by atoms with Crippen LogP contribution in [0, 0.1) is 6.92 Å². The third kappa shape index (κ3) is 5.77. The van der Waals surface area contributed by atoms with Gasteiger partial charge in [-0.15, -0.1) is 0 Å². The topological polar surface area (TPSA) is 87.3 Å². The van der Waals surface area contributed by atoms with Crippen LogP contribution in [0.4, 0.5) is 16.2 Å². The second-order valence-corrected chi connectivity index (χ2v) is 6.50. The van der Waals surface area contributed by atoms with Gasteiger partial charge >= 0.3 is 6.03 Å². The SMILES string of the molecule is Cc1cccc(NC(=O)NCC(=O)Nc2cccc(C(=O)c3ccccc3)c2)c1. The number of anilines is 2. The second-order valence-electron chi connectivity index (χ2n) is 6.50. The van der Waals surface area contributed by atoms with Gasteiger partial charge in [-0.3, -0.25) is 9.59 Å². The Morgan fingerprint density at radius 2 is 1.38 bits per heavy atom. The van der Waals surface area contributed by atoms with Crippen LogP contribution in [0.5, 0.6) is 0 Å². The van der Waals surface area contributed by atoms with Crippen LogP contribution in [-0.2, 0) is 4.79 Å². The van der Waals surface area contributed by atoms with E-state index < -0.39 is 11.9 Å². The lowest BCUT2D eigenvalue weighted by molar-refractivity contribution is -0.115. The smallest absolute Gasteiger partial charge is 0.319 e. The summed E-state index contributed by atoms with van der Waals surface area (Å²) >= 11 is 0. The zero-order valence-corrected chi connectivity index (χ0v) is 15.9. The highest BCUT2D eigenvalue weighted by atomic mass is 16.2. The van der Waals surface area contributed by atoms with Crippen LogP contribution in [-0.4, -0.2) is 24.3 Å². The van der Waals surface area contributed by atoms with Gasteiger partial charge in [-0.1, -0.05) is 54.6 Å². The number of aryl methyl sites for hydroxylation is 1. The van der Waals surface area contributed by atoms with Crippen LogP contribution in [0.3, 0.4) is 0 Å². The van der Waals surface area contributed by atoms with Gasteiger partial charge in [-0.2, -0.15) is 0 Å². The molecule has 0 fully saturated rings. The molecule has 3 rings (SSSR count). The summed E-state index contributed by atoms with van der Waals surface area (Å²) in [5.74, 6) is -0.522. The van der Waals surface area contributed by atoms with Crippen LogP contribution in [0.1, 0.15) is 21.5 Å². The highest BCUT2D eigenvalue weighted by Gasteiger charge is 2.11. The highest BCUT2D eigenvalue weighted by molar-refractivity contribution is 6.09. The molecule has 3 N–H and O–H groups in total. The molecule has 0 saturated carbocycles. The number of benzene rings is 3. The van der Waals surface area contributed by atoms with E-state index in [1.165, 1.54) is 0 Å². The molecule has 0 aliphatic rings. The summed E-state index contributed by atoms with van der Waals surface area (Å²) in [5, 5.41) is 7.86. The fourth-order valence-corrected chi connectivity index (χ4v) is 2.76. The molecule has 0 heterocycles. The second kappa shape index (κ2) is 9.32. The largest absolute Gasteiger partial charge is 0.329 e. The molecule has 0 radical (unpaired) electrons. The number of rotatable bonds is 6. The van der Waals surface area contributed by atoms with Crippen molar-refractivity contribution < 1.29 is 14.4 Å². The summed E-state index contributed by atoms with van der Waals surface area (Å²) in [6, 6.07) is 22.5. The monoisotopic (exact) mass is 387 g/mol. The van der Waals surface area contributed by atoms with Crippen LogP contribution in [0.15, 0.2) is 78.9 Å². The van der Waals surface area contributed by atoms with Gasteiger partial charge < -0.3 is 16.0 Å². The van der Waals surface area contributed by atoms with Crippen molar-refractivity contribution in [1.82, 2.24) is 5.32 Å². The number of ketones is 1. The Balaban J connectivity index is 1.54. The molecule has 29 heavy (non-hydrogen) atoms. The van der Waals surface area contributed by atoms with Crippen molar-refractivity contribution in [3.63, 3.8) is 0 Å². The average Bonchev–Trinajstić information content (AvgIpc) is 2.72. The van der Waals surface area contributed by atoms with Crippen molar-refractivity contribution in [1.29, 1.82) is 0 Å². The first kappa shape index (κ1) is 19.8. The van der Waals surface area contributed by atoms with Gasteiger partial charge in [0.05, 0.1) is 6.54 Å². The van der Waals surface area contributed by atoms with E-state index in [-0.39, 0.29) is 12.3 Å². The van der Waals surface area contributed by atoms with E-state index >= 15 is 0 Å². The van der Waals surface area contributed by atoms with E-state index in [0.29, 0.717) is 22.5 Å². The average molecular weight is 387 g/mol. The lowest BCUT2D eigenvalue weighted by Gasteiger charge is -2.10. The molecular weight excluding hydrogens is 366 g/mol.